The summed E-state index contributed by atoms with van der Waals surface area (Å²) in [5.41, 5.74) is -4.19. The molecular weight excluding hydrogens is 438 g/mol. The minimum absolute atomic E-state index is 0.0428. The number of nitrogens with zero attached hydrogens (tertiary/aromatic N) is 3. The monoisotopic (exact) mass is 447 g/mol. The SMILES string of the molecule is Cn1c(C(F)(F)F)cc(=O)n(-c2cc(Oc3cccnc3O)c(Cl)cc2Cl)c1=O. The molecule has 0 aliphatic heterocycles. The van der Waals surface area contributed by atoms with Crippen LogP contribution in [0.1, 0.15) is 5.69 Å². The Balaban J connectivity index is 2.20. The van der Waals surface area contributed by atoms with Crippen molar-refractivity contribution < 1.29 is 23.0 Å². The van der Waals surface area contributed by atoms with Crippen molar-refractivity contribution in [2.75, 3.05) is 0 Å². The summed E-state index contributed by atoms with van der Waals surface area (Å²) >= 11 is 12.1. The molecule has 7 nitrogen and oxygen atoms in total. The van der Waals surface area contributed by atoms with Gasteiger partial charge in [-0.3, -0.25) is 9.36 Å². The van der Waals surface area contributed by atoms with Crippen molar-refractivity contribution in [1.82, 2.24) is 14.1 Å². The van der Waals surface area contributed by atoms with Gasteiger partial charge in [-0.1, -0.05) is 23.2 Å². The number of halogens is 5. The topological polar surface area (TPSA) is 86.3 Å². The number of pyridine rings is 1. The van der Waals surface area contributed by atoms with Crippen LogP contribution in [0.4, 0.5) is 13.2 Å². The minimum atomic E-state index is -4.90. The molecule has 152 valence electrons. The van der Waals surface area contributed by atoms with Crippen molar-refractivity contribution in [2.45, 2.75) is 6.18 Å². The Labute approximate surface area is 170 Å². The average Bonchev–Trinajstić information content (AvgIpc) is 2.62. The Hall–Kier alpha value is -2.98. The molecule has 3 rings (SSSR count). The van der Waals surface area contributed by atoms with Crippen LogP contribution in [0.2, 0.25) is 10.0 Å². The van der Waals surface area contributed by atoms with Gasteiger partial charge in [-0.15, -0.1) is 0 Å². The standard InChI is InChI=1S/C17H10Cl2F3N3O4/c1-24-13(17(20,21)22)7-14(26)25(16(24)28)10-6-12(9(19)5-8(10)18)29-11-3-2-4-23-15(11)27/h2-7H,1H3,(H,23,27). The van der Waals surface area contributed by atoms with Crippen molar-refractivity contribution >= 4 is 23.2 Å². The van der Waals surface area contributed by atoms with Crippen LogP contribution in [0.15, 0.2) is 46.1 Å². The van der Waals surface area contributed by atoms with Crippen molar-refractivity contribution in [3.05, 3.63) is 73.1 Å². The zero-order valence-electron chi connectivity index (χ0n) is 14.4. The van der Waals surface area contributed by atoms with Gasteiger partial charge in [-0.25, -0.2) is 14.3 Å². The summed E-state index contributed by atoms with van der Waals surface area (Å²) in [6.45, 7) is 0. The van der Waals surface area contributed by atoms with Crippen molar-refractivity contribution in [2.24, 2.45) is 7.05 Å². The highest BCUT2D eigenvalue weighted by molar-refractivity contribution is 6.36. The predicted molar refractivity (Wildman–Crippen MR) is 98.3 cm³/mol. The molecule has 2 heterocycles. The van der Waals surface area contributed by atoms with E-state index in [-0.39, 0.29) is 37.9 Å². The summed E-state index contributed by atoms with van der Waals surface area (Å²) < 4.78 is 45.2. The Bertz CT molecular complexity index is 1220. The first kappa shape index (κ1) is 20.7. The lowest BCUT2D eigenvalue weighted by atomic mass is 10.2. The highest BCUT2D eigenvalue weighted by Gasteiger charge is 2.35. The highest BCUT2D eigenvalue weighted by Crippen LogP contribution is 2.37. The second kappa shape index (κ2) is 7.45. The second-order valence-corrected chi connectivity index (χ2v) is 6.52. The molecule has 29 heavy (non-hydrogen) atoms. The zero-order chi connectivity index (χ0) is 21.5. The van der Waals surface area contributed by atoms with E-state index in [0.29, 0.717) is 4.57 Å². The van der Waals surface area contributed by atoms with E-state index in [4.69, 9.17) is 27.9 Å². The first-order valence-corrected chi connectivity index (χ1v) is 8.48. The molecule has 0 bridgehead atoms. The summed E-state index contributed by atoms with van der Waals surface area (Å²) in [5, 5.41) is 9.49. The van der Waals surface area contributed by atoms with E-state index in [1.54, 1.807) is 0 Å². The van der Waals surface area contributed by atoms with Gasteiger partial charge in [0.15, 0.2) is 5.75 Å². The minimum Gasteiger partial charge on any atom is -0.491 e. The number of rotatable bonds is 3. The molecular formula is C17H10Cl2F3N3O4. The largest absolute Gasteiger partial charge is 0.491 e. The fourth-order valence-corrected chi connectivity index (χ4v) is 2.97. The van der Waals surface area contributed by atoms with Crippen molar-refractivity contribution in [3.63, 3.8) is 0 Å². The molecule has 0 atom stereocenters. The summed E-state index contributed by atoms with van der Waals surface area (Å²) in [6, 6.07) is 5.35. The molecule has 0 saturated heterocycles. The van der Waals surface area contributed by atoms with Crippen LogP contribution < -0.4 is 16.0 Å². The van der Waals surface area contributed by atoms with Gasteiger partial charge in [0.1, 0.15) is 11.4 Å². The zero-order valence-corrected chi connectivity index (χ0v) is 15.9. The van der Waals surface area contributed by atoms with Crippen LogP contribution in [0.3, 0.4) is 0 Å². The predicted octanol–water partition coefficient (Wildman–Crippen LogP) is 3.75. The molecule has 0 unspecified atom stereocenters. The Morgan fingerprint density at radius 2 is 1.79 bits per heavy atom. The number of aromatic nitrogens is 3. The van der Waals surface area contributed by atoms with E-state index in [1.165, 1.54) is 18.3 Å². The maximum absolute atomic E-state index is 13.0. The maximum Gasteiger partial charge on any atom is 0.431 e. The molecule has 0 spiro atoms. The summed E-state index contributed by atoms with van der Waals surface area (Å²) in [7, 11) is 0.871. The third-order valence-electron chi connectivity index (χ3n) is 3.82. The number of aromatic hydroxyl groups is 1. The van der Waals surface area contributed by atoms with Gasteiger partial charge < -0.3 is 9.84 Å². The third kappa shape index (κ3) is 3.94. The Morgan fingerprint density at radius 3 is 2.41 bits per heavy atom. The molecule has 3 aromatic rings. The van der Waals surface area contributed by atoms with Crippen molar-refractivity contribution in [3.8, 4) is 23.1 Å². The van der Waals surface area contributed by atoms with Crippen LogP contribution in [0, 0.1) is 0 Å². The lowest BCUT2D eigenvalue weighted by Crippen LogP contribution is -2.40. The second-order valence-electron chi connectivity index (χ2n) is 5.70. The number of alkyl halides is 3. The number of ether oxygens (including phenoxy) is 1. The average molecular weight is 448 g/mol. The summed E-state index contributed by atoms with van der Waals surface area (Å²) in [5.74, 6) is -0.666. The molecule has 1 aromatic carbocycles. The first-order chi connectivity index (χ1) is 13.5. The molecule has 0 aliphatic rings. The van der Waals surface area contributed by atoms with Crippen LogP contribution in [-0.4, -0.2) is 19.2 Å². The molecule has 0 radical (unpaired) electrons. The highest BCUT2D eigenvalue weighted by atomic mass is 35.5. The van der Waals surface area contributed by atoms with Gasteiger partial charge in [0.25, 0.3) is 11.4 Å². The van der Waals surface area contributed by atoms with Gasteiger partial charge in [0.2, 0.25) is 0 Å². The molecule has 0 fully saturated rings. The first-order valence-electron chi connectivity index (χ1n) is 7.72. The van der Waals surface area contributed by atoms with Crippen molar-refractivity contribution in [1.29, 1.82) is 0 Å². The molecule has 0 saturated carbocycles. The molecule has 2 aromatic heterocycles. The Morgan fingerprint density at radius 1 is 1.10 bits per heavy atom. The lowest BCUT2D eigenvalue weighted by Gasteiger charge is -2.16. The van der Waals surface area contributed by atoms with Gasteiger partial charge in [0, 0.05) is 25.4 Å². The summed E-state index contributed by atoms with van der Waals surface area (Å²) in [6.07, 6.45) is -3.59. The lowest BCUT2D eigenvalue weighted by molar-refractivity contribution is -0.144. The Kier molecular flexibility index (Phi) is 5.33. The fourth-order valence-electron chi connectivity index (χ4n) is 2.47. The van der Waals surface area contributed by atoms with E-state index in [9.17, 15) is 27.9 Å². The van der Waals surface area contributed by atoms with Gasteiger partial charge >= 0.3 is 11.9 Å². The number of benzene rings is 1. The molecule has 0 amide bonds. The van der Waals surface area contributed by atoms with Gasteiger partial charge in [0.05, 0.1) is 15.7 Å². The fraction of sp³-hybridized carbons (Fsp3) is 0.118. The van der Waals surface area contributed by atoms with Crippen LogP contribution in [0.5, 0.6) is 17.4 Å². The van der Waals surface area contributed by atoms with E-state index in [2.05, 4.69) is 4.98 Å². The molecule has 1 N–H and O–H groups in total. The smallest absolute Gasteiger partial charge is 0.431 e. The van der Waals surface area contributed by atoms with E-state index in [1.807, 2.05) is 0 Å². The molecule has 0 aliphatic carbocycles. The number of hydrogen-bond donors (Lipinski definition) is 1. The number of hydrogen-bond acceptors (Lipinski definition) is 5. The van der Waals surface area contributed by atoms with E-state index < -0.39 is 29.0 Å². The van der Waals surface area contributed by atoms with Gasteiger partial charge in [-0.2, -0.15) is 13.2 Å². The van der Waals surface area contributed by atoms with Gasteiger partial charge in [-0.05, 0) is 18.2 Å². The normalized spacial score (nSPS) is 11.5. The molecule has 12 heteroatoms. The van der Waals surface area contributed by atoms with Crippen LogP contribution >= 0.6 is 23.2 Å². The van der Waals surface area contributed by atoms with Crippen LogP contribution in [0.25, 0.3) is 5.69 Å². The maximum atomic E-state index is 13.0. The van der Waals surface area contributed by atoms with E-state index >= 15 is 0 Å². The summed E-state index contributed by atoms with van der Waals surface area (Å²) in [4.78, 5) is 28.4. The van der Waals surface area contributed by atoms with E-state index in [0.717, 1.165) is 19.2 Å². The van der Waals surface area contributed by atoms with Crippen LogP contribution in [-0.2, 0) is 13.2 Å². The third-order valence-corrected chi connectivity index (χ3v) is 4.42. The quantitative estimate of drug-likeness (QED) is 0.660.